The fraction of sp³-hybridized carbons (Fsp3) is 0.571. The Bertz CT molecular complexity index is 648. The van der Waals surface area contributed by atoms with Gasteiger partial charge < -0.3 is 5.32 Å². The molecule has 0 spiro atoms. The van der Waals surface area contributed by atoms with E-state index in [9.17, 15) is 4.79 Å². The summed E-state index contributed by atoms with van der Waals surface area (Å²) in [5, 5.41) is 15.0. The topological polar surface area (TPSA) is 83.6 Å². The number of amides is 1. The molecular weight excluding hydrogens is 286 g/mol. The summed E-state index contributed by atoms with van der Waals surface area (Å²) in [7, 11) is 0. The van der Waals surface area contributed by atoms with Crippen LogP contribution in [0.5, 0.6) is 0 Å². The molecule has 0 saturated heterocycles. The number of H-pyrrole nitrogens is 1. The molecule has 2 aromatic heterocycles. The number of nitrogens with one attached hydrogen (secondary N) is 2. The average Bonchev–Trinajstić information content (AvgIpc) is 3.04. The Morgan fingerprint density at radius 1 is 1.38 bits per heavy atom. The van der Waals surface area contributed by atoms with E-state index in [0.717, 1.165) is 41.4 Å². The Balaban J connectivity index is 1.50. The summed E-state index contributed by atoms with van der Waals surface area (Å²) in [6.45, 7) is 4.70. The lowest BCUT2D eigenvalue weighted by Gasteiger charge is -2.19. The van der Waals surface area contributed by atoms with Crippen molar-refractivity contribution in [2.24, 2.45) is 5.92 Å². The second-order valence-corrected chi connectivity index (χ2v) is 6.73. The summed E-state index contributed by atoms with van der Waals surface area (Å²) in [5.41, 5.74) is 3.03. The van der Waals surface area contributed by atoms with Crippen molar-refractivity contribution in [2.45, 2.75) is 39.5 Å². The number of fused-ring (bicyclic) bond motifs is 1. The Kier molecular flexibility index (Phi) is 4.01. The highest BCUT2D eigenvalue weighted by atomic mass is 32.1. The maximum atomic E-state index is 12.2. The number of carbonyl (C=O) groups excluding carboxylic acids is 1. The third kappa shape index (κ3) is 3.12. The van der Waals surface area contributed by atoms with Gasteiger partial charge in [0.15, 0.2) is 0 Å². The predicted molar refractivity (Wildman–Crippen MR) is 80.2 cm³/mol. The van der Waals surface area contributed by atoms with Gasteiger partial charge in [-0.3, -0.25) is 4.79 Å². The predicted octanol–water partition coefficient (Wildman–Crippen LogP) is 1.34. The van der Waals surface area contributed by atoms with E-state index in [4.69, 9.17) is 0 Å². The first-order chi connectivity index (χ1) is 10.1. The van der Waals surface area contributed by atoms with Crippen molar-refractivity contribution in [3.05, 3.63) is 27.0 Å². The van der Waals surface area contributed by atoms with Crippen molar-refractivity contribution < 1.29 is 4.79 Å². The molecule has 6 nitrogen and oxygen atoms in total. The Morgan fingerprint density at radius 3 is 2.95 bits per heavy atom. The molecule has 1 aliphatic carbocycles. The van der Waals surface area contributed by atoms with Gasteiger partial charge in [-0.15, -0.1) is 11.3 Å². The van der Waals surface area contributed by atoms with Crippen LogP contribution >= 0.6 is 11.3 Å². The van der Waals surface area contributed by atoms with Crippen LogP contribution in [-0.2, 0) is 24.1 Å². The van der Waals surface area contributed by atoms with Crippen molar-refractivity contribution in [2.75, 3.05) is 6.54 Å². The van der Waals surface area contributed by atoms with Gasteiger partial charge in [0, 0.05) is 30.2 Å². The van der Waals surface area contributed by atoms with Crippen LogP contribution in [0.1, 0.15) is 33.4 Å². The standard InChI is InChI=1S/C14H19N5OS/c1-8-13(21-9(2)16-8)5-6-15-14(20)10-3-4-11-12(7-10)18-19-17-11/h10H,3-7H2,1-2H3,(H,15,20)(H,17,18,19). The normalized spacial score (nSPS) is 17.5. The second-order valence-electron chi connectivity index (χ2n) is 5.44. The molecule has 1 unspecified atom stereocenters. The fourth-order valence-electron chi connectivity index (χ4n) is 2.76. The molecule has 2 heterocycles. The largest absolute Gasteiger partial charge is 0.355 e. The van der Waals surface area contributed by atoms with E-state index in [1.807, 2.05) is 13.8 Å². The molecule has 3 rings (SSSR count). The first-order valence-electron chi connectivity index (χ1n) is 7.22. The Labute approximate surface area is 127 Å². The summed E-state index contributed by atoms with van der Waals surface area (Å²) in [4.78, 5) is 17.9. The van der Waals surface area contributed by atoms with Crippen molar-refractivity contribution in [1.29, 1.82) is 0 Å². The van der Waals surface area contributed by atoms with Crippen LogP contribution in [0.2, 0.25) is 0 Å². The molecule has 0 fully saturated rings. The van der Waals surface area contributed by atoms with Crippen LogP contribution in [0.3, 0.4) is 0 Å². The Morgan fingerprint density at radius 2 is 2.19 bits per heavy atom. The molecule has 0 bridgehead atoms. The number of hydrogen-bond donors (Lipinski definition) is 2. The van der Waals surface area contributed by atoms with Crippen molar-refractivity contribution in [3.8, 4) is 0 Å². The number of carbonyl (C=O) groups is 1. The first kappa shape index (κ1) is 14.2. The van der Waals surface area contributed by atoms with E-state index >= 15 is 0 Å². The zero-order valence-electron chi connectivity index (χ0n) is 12.3. The van der Waals surface area contributed by atoms with Crippen molar-refractivity contribution >= 4 is 17.2 Å². The first-order valence-corrected chi connectivity index (χ1v) is 8.04. The van der Waals surface area contributed by atoms with Gasteiger partial charge in [0.2, 0.25) is 5.91 Å². The zero-order valence-corrected chi connectivity index (χ0v) is 13.1. The van der Waals surface area contributed by atoms with Gasteiger partial charge in [-0.2, -0.15) is 15.4 Å². The van der Waals surface area contributed by atoms with Crippen molar-refractivity contribution in [1.82, 2.24) is 25.7 Å². The summed E-state index contributed by atoms with van der Waals surface area (Å²) in [6.07, 6.45) is 3.22. The second kappa shape index (κ2) is 5.93. The highest BCUT2D eigenvalue weighted by molar-refractivity contribution is 7.11. The summed E-state index contributed by atoms with van der Waals surface area (Å²) in [5.74, 6) is 0.148. The molecule has 1 aliphatic rings. The molecule has 2 aromatic rings. The van der Waals surface area contributed by atoms with Gasteiger partial charge in [-0.1, -0.05) is 0 Å². The molecule has 112 valence electrons. The highest BCUT2D eigenvalue weighted by Crippen LogP contribution is 2.22. The molecule has 1 atom stereocenters. The van der Waals surface area contributed by atoms with Gasteiger partial charge in [0.1, 0.15) is 0 Å². The molecule has 0 aliphatic heterocycles. The minimum absolute atomic E-state index is 0.0203. The number of aryl methyl sites for hydroxylation is 3. The van der Waals surface area contributed by atoms with Crippen LogP contribution in [0.4, 0.5) is 0 Å². The molecule has 0 aromatic carbocycles. The monoisotopic (exact) mass is 305 g/mol. The van der Waals surface area contributed by atoms with E-state index in [1.165, 1.54) is 4.88 Å². The van der Waals surface area contributed by atoms with E-state index in [-0.39, 0.29) is 11.8 Å². The van der Waals surface area contributed by atoms with E-state index in [1.54, 1.807) is 11.3 Å². The summed E-state index contributed by atoms with van der Waals surface area (Å²) in [6, 6.07) is 0. The number of rotatable bonds is 4. The van der Waals surface area contributed by atoms with E-state index in [0.29, 0.717) is 13.0 Å². The number of nitrogens with zero attached hydrogens (tertiary/aromatic N) is 3. The van der Waals surface area contributed by atoms with Crippen LogP contribution < -0.4 is 5.32 Å². The van der Waals surface area contributed by atoms with Gasteiger partial charge in [-0.05, 0) is 26.7 Å². The van der Waals surface area contributed by atoms with Gasteiger partial charge in [-0.25, -0.2) is 4.98 Å². The minimum Gasteiger partial charge on any atom is -0.355 e. The molecule has 2 N–H and O–H groups in total. The average molecular weight is 305 g/mol. The maximum Gasteiger partial charge on any atom is 0.223 e. The van der Waals surface area contributed by atoms with Gasteiger partial charge in [0.25, 0.3) is 0 Å². The summed E-state index contributed by atoms with van der Waals surface area (Å²) >= 11 is 1.71. The zero-order chi connectivity index (χ0) is 14.8. The van der Waals surface area contributed by atoms with Gasteiger partial charge >= 0.3 is 0 Å². The molecule has 1 amide bonds. The van der Waals surface area contributed by atoms with Crippen LogP contribution in [-0.4, -0.2) is 32.8 Å². The number of hydrogen-bond acceptors (Lipinski definition) is 5. The maximum absolute atomic E-state index is 12.2. The quantitative estimate of drug-likeness (QED) is 0.893. The molecule has 21 heavy (non-hydrogen) atoms. The lowest BCUT2D eigenvalue weighted by atomic mass is 9.89. The van der Waals surface area contributed by atoms with Crippen molar-refractivity contribution in [3.63, 3.8) is 0 Å². The van der Waals surface area contributed by atoms with Crippen LogP contribution in [0, 0.1) is 19.8 Å². The molecular formula is C14H19N5OS. The molecule has 0 saturated carbocycles. The lowest BCUT2D eigenvalue weighted by Crippen LogP contribution is -2.35. The van der Waals surface area contributed by atoms with E-state index < -0.39 is 0 Å². The molecule has 0 radical (unpaired) electrons. The number of thiazole rings is 1. The SMILES string of the molecule is Cc1nc(C)c(CCNC(=O)C2CCc3n[nH]nc3C2)s1. The lowest BCUT2D eigenvalue weighted by molar-refractivity contribution is -0.125. The highest BCUT2D eigenvalue weighted by Gasteiger charge is 2.26. The molecule has 7 heteroatoms. The van der Waals surface area contributed by atoms with E-state index in [2.05, 4.69) is 25.7 Å². The Hall–Kier alpha value is -1.76. The number of aromatic nitrogens is 4. The third-order valence-electron chi connectivity index (χ3n) is 3.89. The number of aromatic amines is 1. The van der Waals surface area contributed by atoms with Crippen LogP contribution in [0.25, 0.3) is 0 Å². The summed E-state index contributed by atoms with van der Waals surface area (Å²) < 4.78 is 0. The third-order valence-corrected chi connectivity index (χ3v) is 5.03. The smallest absolute Gasteiger partial charge is 0.223 e. The van der Waals surface area contributed by atoms with Gasteiger partial charge in [0.05, 0.1) is 22.1 Å². The van der Waals surface area contributed by atoms with Crippen LogP contribution in [0.15, 0.2) is 0 Å². The fourth-order valence-corrected chi connectivity index (χ4v) is 3.69. The minimum atomic E-state index is 0.0203.